The van der Waals surface area contributed by atoms with E-state index in [-0.39, 0.29) is 5.56 Å². The summed E-state index contributed by atoms with van der Waals surface area (Å²) in [5, 5.41) is 8.78. The quantitative estimate of drug-likeness (QED) is 0.445. The van der Waals surface area contributed by atoms with E-state index in [1.165, 1.54) is 15.9 Å². The van der Waals surface area contributed by atoms with E-state index < -0.39 is 0 Å². The van der Waals surface area contributed by atoms with Gasteiger partial charge in [0.25, 0.3) is 5.56 Å². The van der Waals surface area contributed by atoms with Gasteiger partial charge in [0.05, 0.1) is 18.7 Å². The highest BCUT2D eigenvalue weighted by atomic mass is 32.1. The predicted octanol–water partition coefficient (Wildman–Crippen LogP) is 4.13. The highest BCUT2D eigenvalue weighted by molar-refractivity contribution is 7.17. The van der Waals surface area contributed by atoms with Crippen LogP contribution in [0.5, 0.6) is 5.75 Å². The van der Waals surface area contributed by atoms with Crippen LogP contribution in [0.3, 0.4) is 0 Å². The molecular formula is C20H13N3O2S. The van der Waals surface area contributed by atoms with Crippen LogP contribution < -0.4 is 10.3 Å². The molecule has 0 atom stereocenters. The summed E-state index contributed by atoms with van der Waals surface area (Å²) in [7, 11) is 1.63. The maximum absolute atomic E-state index is 13.2. The number of thiophene rings is 1. The number of fused-ring (bicyclic) bond motifs is 4. The van der Waals surface area contributed by atoms with Gasteiger partial charge in [0.15, 0.2) is 5.65 Å². The number of ether oxygens (including phenoxy) is 1. The van der Waals surface area contributed by atoms with Gasteiger partial charge in [0.2, 0.25) is 0 Å². The second-order valence-electron chi connectivity index (χ2n) is 5.94. The van der Waals surface area contributed by atoms with Gasteiger partial charge in [-0.15, -0.1) is 11.3 Å². The number of benzene rings is 2. The molecule has 5 rings (SSSR count). The van der Waals surface area contributed by atoms with Gasteiger partial charge < -0.3 is 4.74 Å². The Bertz CT molecular complexity index is 1340. The van der Waals surface area contributed by atoms with Gasteiger partial charge >= 0.3 is 0 Å². The first kappa shape index (κ1) is 15.0. The van der Waals surface area contributed by atoms with Crippen LogP contribution in [0.25, 0.3) is 37.8 Å². The number of methoxy groups -OCH3 is 1. The Hall–Kier alpha value is -3.25. The van der Waals surface area contributed by atoms with Crippen molar-refractivity contribution in [3.63, 3.8) is 0 Å². The number of hydrogen-bond donors (Lipinski definition) is 0. The summed E-state index contributed by atoms with van der Waals surface area (Å²) in [6, 6.07) is 15.5. The molecule has 5 nitrogen and oxygen atoms in total. The Labute approximate surface area is 152 Å². The summed E-state index contributed by atoms with van der Waals surface area (Å²) < 4.78 is 6.60. The summed E-state index contributed by atoms with van der Waals surface area (Å²) >= 11 is 1.47. The molecule has 5 aromatic rings. The normalized spacial score (nSPS) is 11.4. The molecule has 0 aliphatic heterocycles. The first-order valence-corrected chi connectivity index (χ1v) is 8.96. The van der Waals surface area contributed by atoms with Crippen molar-refractivity contribution in [2.45, 2.75) is 0 Å². The molecule has 0 spiro atoms. The molecule has 0 saturated carbocycles. The molecule has 6 heteroatoms. The van der Waals surface area contributed by atoms with E-state index >= 15 is 0 Å². The fourth-order valence-electron chi connectivity index (χ4n) is 3.18. The van der Waals surface area contributed by atoms with Crippen molar-refractivity contribution in [3.05, 3.63) is 70.5 Å². The number of rotatable bonds is 2. The van der Waals surface area contributed by atoms with Crippen molar-refractivity contribution in [2.75, 3.05) is 7.11 Å². The molecule has 3 aromatic heterocycles. The predicted molar refractivity (Wildman–Crippen MR) is 104 cm³/mol. The Kier molecular flexibility index (Phi) is 3.26. The molecule has 3 heterocycles. The fourth-order valence-corrected chi connectivity index (χ4v) is 4.12. The first-order valence-electron chi connectivity index (χ1n) is 8.09. The lowest BCUT2D eigenvalue weighted by Crippen LogP contribution is -2.17. The van der Waals surface area contributed by atoms with Gasteiger partial charge in [0, 0.05) is 21.7 Å². The molecule has 0 N–H and O–H groups in total. The zero-order chi connectivity index (χ0) is 17.7. The van der Waals surface area contributed by atoms with E-state index in [0.717, 1.165) is 32.5 Å². The van der Waals surface area contributed by atoms with Crippen molar-refractivity contribution in [1.82, 2.24) is 14.6 Å². The van der Waals surface area contributed by atoms with Crippen molar-refractivity contribution in [1.29, 1.82) is 0 Å². The number of nitrogens with zero attached hydrogens (tertiary/aromatic N) is 3. The average molecular weight is 359 g/mol. The molecule has 0 fully saturated rings. The van der Waals surface area contributed by atoms with E-state index in [0.29, 0.717) is 11.0 Å². The second-order valence-corrected chi connectivity index (χ2v) is 6.80. The van der Waals surface area contributed by atoms with Crippen LogP contribution in [0.15, 0.2) is 64.9 Å². The minimum absolute atomic E-state index is 0.150. The lowest BCUT2D eigenvalue weighted by molar-refractivity contribution is 0.415. The largest absolute Gasteiger partial charge is 0.497 e. The van der Waals surface area contributed by atoms with E-state index in [1.54, 1.807) is 13.3 Å². The lowest BCUT2D eigenvalue weighted by atomic mass is 10.1. The standard InChI is InChI=1S/C20H13N3O2S/c1-25-14-8-6-12(7-9-14)16-11-26-19-17(16)20(24)23-18(22-19)15-5-3-2-4-13(15)10-21-23/h2-11H,1H3. The highest BCUT2D eigenvalue weighted by Gasteiger charge is 2.15. The van der Waals surface area contributed by atoms with Gasteiger partial charge in [-0.2, -0.15) is 9.61 Å². The van der Waals surface area contributed by atoms with Crippen molar-refractivity contribution in [3.8, 4) is 16.9 Å². The van der Waals surface area contributed by atoms with Crippen LogP contribution in [-0.2, 0) is 0 Å². The number of aromatic nitrogens is 3. The highest BCUT2D eigenvalue weighted by Crippen LogP contribution is 2.32. The number of hydrogen-bond acceptors (Lipinski definition) is 5. The summed E-state index contributed by atoms with van der Waals surface area (Å²) in [6.07, 6.45) is 1.71. The summed E-state index contributed by atoms with van der Waals surface area (Å²) in [5.74, 6) is 0.779. The van der Waals surface area contributed by atoms with Crippen molar-refractivity contribution < 1.29 is 4.74 Å². The Morgan fingerprint density at radius 3 is 2.69 bits per heavy atom. The van der Waals surface area contributed by atoms with Gasteiger partial charge in [-0.05, 0) is 17.7 Å². The topological polar surface area (TPSA) is 56.5 Å². The van der Waals surface area contributed by atoms with Gasteiger partial charge in [0.1, 0.15) is 10.6 Å². The SMILES string of the molecule is COc1ccc(-c2csc3nc4c5ccccc5cnn4c(=O)c23)cc1. The molecule has 0 amide bonds. The Morgan fingerprint density at radius 2 is 1.88 bits per heavy atom. The summed E-state index contributed by atoms with van der Waals surface area (Å²) in [5.41, 5.74) is 2.26. The zero-order valence-corrected chi connectivity index (χ0v) is 14.7. The maximum atomic E-state index is 13.2. The van der Waals surface area contributed by atoms with Gasteiger partial charge in [-0.1, -0.05) is 36.4 Å². The third-order valence-electron chi connectivity index (χ3n) is 4.50. The third kappa shape index (κ3) is 2.12. The van der Waals surface area contributed by atoms with Crippen LogP contribution in [0.4, 0.5) is 0 Å². The third-order valence-corrected chi connectivity index (χ3v) is 5.37. The fraction of sp³-hybridized carbons (Fsp3) is 0.0500. The van der Waals surface area contributed by atoms with E-state index in [2.05, 4.69) is 5.10 Å². The van der Waals surface area contributed by atoms with Gasteiger partial charge in [-0.25, -0.2) is 4.98 Å². The second kappa shape index (κ2) is 5.64. The molecule has 0 aliphatic carbocycles. The van der Waals surface area contributed by atoms with Gasteiger partial charge in [-0.3, -0.25) is 4.79 Å². The van der Waals surface area contributed by atoms with Crippen molar-refractivity contribution in [2.24, 2.45) is 0 Å². The first-order chi connectivity index (χ1) is 12.8. The van der Waals surface area contributed by atoms with Crippen LogP contribution in [0, 0.1) is 0 Å². The molecular weight excluding hydrogens is 346 g/mol. The van der Waals surface area contributed by atoms with Crippen LogP contribution in [0.1, 0.15) is 0 Å². The minimum Gasteiger partial charge on any atom is -0.497 e. The smallest absolute Gasteiger partial charge is 0.283 e. The van der Waals surface area contributed by atoms with Crippen LogP contribution in [0.2, 0.25) is 0 Å². The summed E-state index contributed by atoms with van der Waals surface area (Å²) in [6.45, 7) is 0. The molecule has 0 aliphatic rings. The monoisotopic (exact) mass is 359 g/mol. The van der Waals surface area contributed by atoms with E-state index in [9.17, 15) is 4.79 Å². The Balaban J connectivity index is 1.84. The Morgan fingerprint density at radius 1 is 1.08 bits per heavy atom. The van der Waals surface area contributed by atoms with Crippen LogP contribution in [-0.4, -0.2) is 21.7 Å². The van der Waals surface area contributed by atoms with E-state index in [1.807, 2.05) is 53.9 Å². The summed E-state index contributed by atoms with van der Waals surface area (Å²) in [4.78, 5) is 18.6. The van der Waals surface area contributed by atoms with E-state index in [4.69, 9.17) is 9.72 Å². The zero-order valence-electron chi connectivity index (χ0n) is 13.8. The van der Waals surface area contributed by atoms with Crippen molar-refractivity contribution >= 4 is 38.0 Å². The molecule has 126 valence electrons. The molecule has 2 aromatic carbocycles. The maximum Gasteiger partial charge on any atom is 0.283 e. The molecule has 0 saturated heterocycles. The minimum atomic E-state index is -0.150. The van der Waals surface area contributed by atoms with Crippen LogP contribution >= 0.6 is 11.3 Å². The molecule has 0 unspecified atom stereocenters. The average Bonchev–Trinajstić information content (AvgIpc) is 3.12. The lowest BCUT2D eigenvalue weighted by Gasteiger charge is -2.05. The molecule has 0 bridgehead atoms. The molecule has 0 radical (unpaired) electrons. The molecule has 26 heavy (non-hydrogen) atoms.